The standard InChI is InChI=1S/C24H19F6N3O3/c25-15-2-1-3-16(26)19(15)13-8-12(35-22(27)28)9-17-20(13)21(31-36-17)32-7-6-18-24(29,30)14(11-4-5-11)10-33(18)23(32)34/h1-3,8-9,11,14,18,22H,4-7,10H2/t14?,18-/m1/s1. The van der Waals surface area contributed by atoms with E-state index in [1.54, 1.807) is 0 Å². The average Bonchev–Trinajstić information content (AvgIpc) is 3.49. The minimum absolute atomic E-state index is 0.0304. The summed E-state index contributed by atoms with van der Waals surface area (Å²) in [5, 5.41) is 3.85. The summed E-state index contributed by atoms with van der Waals surface area (Å²) in [7, 11) is 0. The molecule has 1 saturated carbocycles. The fourth-order valence-corrected chi connectivity index (χ4v) is 5.47. The van der Waals surface area contributed by atoms with E-state index in [2.05, 4.69) is 9.89 Å². The van der Waals surface area contributed by atoms with E-state index in [-0.39, 0.29) is 47.8 Å². The second kappa shape index (κ2) is 8.04. The molecule has 1 unspecified atom stereocenters. The molecule has 1 aromatic heterocycles. The number of halogens is 6. The van der Waals surface area contributed by atoms with Crippen molar-refractivity contribution in [2.75, 3.05) is 18.0 Å². The van der Waals surface area contributed by atoms with Crippen molar-refractivity contribution in [1.29, 1.82) is 0 Å². The number of aromatic nitrogens is 1. The van der Waals surface area contributed by atoms with Gasteiger partial charge in [-0.05, 0) is 43.4 Å². The van der Waals surface area contributed by atoms with E-state index in [1.165, 1.54) is 0 Å². The van der Waals surface area contributed by atoms with E-state index in [4.69, 9.17) is 4.52 Å². The van der Waals surface area contributed by atoms with Crippen LogP contribution in [-0.4, -0.2) is 47.8 Å². The lowest BCUT2D eigenvalue weighted by atomic mass is 9.93. The number of carbonyl (C=O) groups excluding carboxylic acids is 1. The predicted molar refractivity (Wildman–Crippen MR) is 115 cm³/mol. The SMILES string of the molecule is O=C1N(c2noc3cc(OC(F)F)cc(-c4c(F)cccc4F)c23)CC[C@H]2N1CC(C1CC1)C2(F)F. The molecule has 2 aromatic carbocycles. The first kappa shape index (κ1) is 23.0. The maximum absolute atomic E-state index is 15.0. The summed E-state index contributed by atoms with van der Waals surface area (Å²) in [5.41, 5.74) is -0.957. The number of benzene rings is 2. The minimum Gasteiger partial charge on any atom is -0.435 e. The van der Waals surface area contributed by atoms with Crippen LogP contribution in [0.4, 0.5) is 37.0 Å². The maximum atomic E-state index is 15.0. The van der Waals surface area contributed by atoms with Gasteiger partial charge in [-0.3, -0.25) is 4.90 Å². The second-order valence-corrected chi connectivity index (χ2v) is 9.33. The highest BCUT2D eigenvalue weighted by molar-refractivity contribution is 6.07. The van der Waals surface area contributed by atoms with Crippen LogP contribution in [0.3, 0.4) is 0 Å². The molecule has 1 aliphatic carbocycles. The Labute approximate surface area is 200 Å². The lowest BCUT2D eigenvalue weighted by Gasteiger charge is -2.37. The van der Waals surface area contributed by atoms with Gasteiger partial charge < -0.3 is 14.2 Å². The lowest BCUT2D eigenvalue weighted by molar-refractivity contribution is -0.0690. The van der Waals surface area contributed by atoms with E-state index in [1.807, 2.05) is 0 Å². The Kier molecular flexibility index (Phi) is 5.13. The molecule has 2 aliphatic heterocycles. The summed E-state index contributed by atoms with van der Waals surface area (Å²) in [6, 6.07) is 3.19. The van der Waals surface area contributed by atoms with Crippen molar-refractivity contribution in [3.8, 4) is 16.9 Å². The van der Waals surface area contributed by atoms with Crippen LogP contribution in [0.5, 0.6) is 5.75 Å². The first-order chi connectivity index (χ1) is 17.2. The molecule has 0 bridgehead atoms. The number of hydrogen-bond donors (Lipinski definition) is 0. The van der Waals surface area contributed by atoms with Crippen LogP contribution in [0, 0.1) is 23.5 Å². The van der Waals surface area contributed by atoms with E-state index in [0.29, 0.717) is 12.8 Å². The van der Waals surface area contributed by atoms with Crippen LogP contribution in [0.1, 0.15) is 19.3 Å². The van der Waals surface area contributed by atoms with Crippen LogP contribution in [0.15, 0.2) is 34.9 Å². The third-order valence-electron chi connectivity index (χ3n) is 7.24. The highest BCUT2D eigenvalue weighted by Gasteiger charge is 2.63. The summed E-state index contributed by atoms with van der Waals surface area (Å²) in [5.74, 6) is -6.62. The van der Waals surface area contributed by atoms with Gasteiger partial charge in [0.05, 0.1) is 17.0 Å². The van der Waals surface area contributed by atoms with Crippen LogP contribution < -0.4 is 9.64 Å². The van der Waals surface area contributed by atoms with E-state index < -0.39 is 53.5 Å². The fraction of sp³-hybridized carbons (Fsp3) is 0.417. The van der Waals surface area contributed by atoms with Crippen molar-refractivity contribution in [1.82, 2.24) is 10.1 Å². The Bertz CT molecular complexity index is 1340. The van der Waals surface area contributed by atoms with Crippen molar-refractivity contribution in [3.63, 3.8) is 0 Å². The molecule has 2 atom stereocenters. The highest BCUT2D eigenvalue weighted by Crippen LogP contribution is 2.53. The third kappa shape index (κ3) is 3.48. The van der Waals surface area contributed by atoms with E-state index >= 15 is 8.78 Å². The zero-order valence-electron chi connectivity index (χ0n) is 18.6. The van der Waals surface area contributed by atoms with Gasteiger partial charge in [0.1, 0.15) is 17.4 Å². The molecule has 12 heteroatoms. The molecule has 2 amide bonds. The second-order valence-electron chi connectivity index (χ2n) is 9.33. The number of alkyl halides is 4. The minimum atomic E-state index is -3.22. The van der Waals surface area contributed by atoms with Gasteiger partial charge >= 0.3 is 12.6 Å². The van der Waals surface area contributed by atoms with Gasteiger partial charge in [0.15, 0.2) is 11.4 Å². The molecule has 2 saturated heterocycles. The molecule has 190 valence electrons. The van der Waals surface area contributed by atoms with Gasteiger partial charge in [0.25, 0.3) is 5.92 Å². The third-order valence-corrected chi connectivity index (χ3v) is 7.24. The number of urea groups is 1. The Morgan fingerprint density at radius 1 is 1.11 bits per heavy atom. The van der Waals surface area contributed by atoms with Crippen molar-refractivity contribution >= 4 is 22.8 Å². The number of amides is 2. The van der Waals surface area contributed by atoms with Crippen molar-refractivity contribution in [2.45, 2.75) is 37.8 Å². The van der Waals surface area contributed by atoms with Crippen molar-refractivity contribution in [2.24, 2.45) is 11.8 Å². The average molecular weight is 511 g/mol. The molecular formula is C24H19F6N3O3. The molecular weight excluding hydrogens is 492 g/mol. The summed E-state index contributed by atoms with van der Waals surface area (Å²) in [6.07, 6.45) is 1.35. The molecule has 3 fully saturated rings. The van der Waals surface area contributed by atoms with Gasteiger partial charge in [-0.1, -0.05) is 11.2 Å². The molecule has 3 heterocycles. The topological polar surface area (TPSA) is 58.8 Å². The zero-order valence-corrected chi connectivity index (χ0v) is 18.6. The summed E-state index contributed by atoms with van der Waals surface area (Å²) >= 11 is 0. The van der Waals surface area contributed by atoms with E-state index in [0.717, 1.165) is 40.1 Å². The molecule has 6 rings (SSSR count). The van der Waals surface area contributed by atoms with Crippen LogP contribution in [0.2, 0.25) is 0 Å². The number of hydrogen-bond acceptors (Lipinski definition) is 4. The molecule has 3 aliphatic rings. The van der Waals surface area contributed by atoms with Crippen molar-refractivity contribution < 1.29 is 40.4 Å². The maximum Gasteiger partial charge on any atom is 0.387 e. The number of nitrogens with zero attached hydrogens (tertiary/aromatic N) is 3. The molecule has 6 nitrogen and oxygen atoms in total. The number of carbonyl (C=O) groups is 1. The normalized spacial score (nSPS) is 23.6. The van der Waals surface area contributed by atoms with Gasteiger partial charge in [-0.2, -0.15) is 8.78 Å². The van der Waals surface area contributed by atoms with Crippen LogP contribution in [0.25, 0.3) is 22.1 Å². The largest absolute Gasteiger partial charge is 0.435 e. The Hall–Kier alpha value is -3.44. The van der Waals surface area contributed by atoms with Gasteiger partial charge in [-0.25, -0.2) is 22.4 Å². The molecule has 0 radical (unpaired) electrons. The molecule has 3 aromatic rings. The summed E-state index contributed by atoms with van der Waals surface area (Å²) in [6.45, 7) is -3.46. The van der Waals surface area contributed by atoms with Crippen LogP contribution >= 0.6 is 0 Å². The first-order valence-electron chi connectivity index (χ1n) is 11.5. The Morgan fingerprint density at radius 2 is 1.83 bits per heavy atom. The van der Waals surface area contributed by atoms with E-state index in [9.17, 15) is 22.4 Å². The van der Waals surface area contributed by atoms with Crippen molar-refractivity contribution in [3.05, 3.63) is 42.0 Å². The van der Waals surface area contributed by atoms with Crippen LogP contribution in [-0.2, 0) is 0 Å². The lowest BCUT2D eigenvalue weighted by Crippen LogP contribution is -2.55. The fourth-order valence-electron chi connectivity index (χ4n) is 5.47. The van der Waals surface area contributed by atoms with Gasteiger partial charge in [0.2, 0.25) is 0 Å². The molecule has 36 heavy (non-hydrogen) atoms. The summed E-state index contributed by atoms with van der Waals surface area (Å²) in [4.78, 5) is 15.6. The van der Waals surface area contributed by atoms with Gasteiger partial charge in [0, 0.05) is 30.6 Å². The number of anilines is 1. The first-order valence-corrected chi connectivity index (χ1v) is 11.5. The smallest absolute Gasteiger partial charge is 0.387 e. The Balaban J connectivity index is 1.46. The molecule has 0 N–H and O–H groups in total. The number of fused-ring (bicyclic) bond motifs is 2. The highest BCUT2D eigenvalue weighted by atomic mass is 19.3. The predicted octanol–water partition coefficient (Wildman–Crippen LogP) is 6.05. The zero-order chi connectivity index (χ0) is 25.4. The summed E-state index contributed by atoms with van der Waals surface area (Å²) < 4.78 is 95.1. The Morgan fingerprint density at radius 3 is 2.50 bits per heavy atom. The number of ether oxygens (including phenoxy) is 1. The quantitative estimate of drug-likeness (QED) is 0.392. The monoisotopic (exact) mass is 511 g/mol. The molecule has 0 spiro atoms. The number of rotatable bonds is 5. The van der Waals surface area contributed by atoms with Gasteiger partial charge in [-0.15, -0.1) is 0 Å².